The minimum Gasteiger partial charge on any atom is -0.489 e. The first kappa shape index (κ1) is 33.3. The number of dihydropyridines is 1. The summed E-state index contributed by atoms with van der Waals surface area (Å²) in [6.07, 6.45) is 1.88. The third-order valence-electron chi connectivity index (χ3n) is 7.45. The van der Waals surface area contributed by atoms with Crippen LogP contribution in [0.15, 0.2) is 114 Å². The second-order valence-electron chi connectivity index (χ2n) is 13.7. The van der Waals surface area contributed by atoms with E-state index in [0.29, 0.717) is 46.2 Å². The molecule has 0 saturated carbocycles. The van der Waals surface area contributed by atoms with Gasteiger partial charge in [-0.1, -0.05) is 48.5 Å². The Kier molecular flexibility index (Phi) is 9.43. The number of carbonyl (C=O) groups is 2. The van der Waals surface area contributed by atoms with Crippen molar-refractivity contribution in [2.24, 2.45) is 0 Å². The zero-order valence-corrected chi connectivity index (χ0v) is 28.4. The van der Waals surface area contributed by atoms with Gasteiger partial charge in [-0.3, -0.25) is 0 Å². The maximum Gasteiger partial charge on any atom is 0.337 e. The maximum atomic E-state index is 14.0. The summed E-state index contributed by atoms with van der Waals surface area (Å²) < 4.78 is 19.7. The molecular weight excluding hydrogens is 590 g/mol. The molecule has 3 aromatic carbocycles. The van der Waals surface area contributed by atoms with E-state index >= 15 is 0 Å². The second kappa shape index (κ2) is 13.3. The molecule has 0 bridgehead atoms. The molecular formula is C39H43N3O5. The number of esters is 2. The molecule has 2 heterocycles. The van der Waals surface area contributed by atoms with Crippen LogP contribution < -0.4 is 10.1 Å². The molecule has 8 nitrogen and oxygen atoms in total. The molecule has 0 atom stereocenters. The summed E-state index contributed by atoms with van der Waals surface area (Å²) in [5.41, 5.74) is 4.28. The van der Waals surface area contributed by atoms with Gasteiger partial charge in [-0.25, -0.2) is 14.3 Å². The fourth-order valence-corrected chi connectivity index (χ4v) is 5.50. The Hall–Kier alpha value is -5.11. The van der Waals surface area contributed by atoms with E-state index in [4.69, 9.17) is 19.3 Å². The second-order valence-corrected chi connectivity index (χ2v) is 13.7. The number of rotatable bonds is 8. The Balaban J connectivity index is 1.66. The van der Waals surface area contributed by atoms with E-state index in [1.807, 2.05) is 147 Å². The third-order valence-corrected chi connectivity index (χ3v) is 7.45. The molecule has 0 amide bonds. The molecule has 1 aliphatic heterocycles. The quantitative estimate of drug-likeness (QED) is 0.196. The first-order chi connectivity index (χ1) is 22.2. The van der Waals surface area contributed by atoms with Crippen molar-refractivity contribution >= 4 is 11.9 Å². The van der Waals surface area contributed by atoms with E-state index in [1.54, 1.807) is 4.68 Å². The summed E-state index contributed by atoms with van der Waals surface area (Å²) in [5, 5.41) is 8.30. The van der Waals surface area contributed by atoms with Crippen molar-refractivity contribution in [3.63, 3.8) is 0 Å². The summed E-state index contributed by atoms with van der Waals surface area (Å²) in [4.78, 5) is 28.0. The highest BCUT2D eigenvalue weighted by Gasteiger charge is 2.42. The number of aromatic nitrogens is 2. The molecule has 4 aromatic rings. The van der Waals surface area contributed by atoms with Gasteiger partial charge >= 0.3 is 11.9 Å². The number of allylic oxidation sites excluding steroid dienone is 2. The summed E-state index contributed by atoms with van der Waals surface area (Å²) >= 11 is 0. The molecule has 0 radical (unpaired) electrons. The van der Waals surface area contributed by atoms with Gasteiger partial charge in [0.05, 0.1) is 28.4 Å². The fourth-order valence-electron chi connectivity index (χ4n) is 5.50. The molecule has 0 unspecified atom stereocenters. The number of nitrogens with zero attached hydrogens (tertiary/aromatic N) is 2. The van der Waals surface area contributed by atoms with Gasteiger partial charge < -0.3 is 19.5 Å². The number of ether oxygens (including phenoxy) is 3. The fraction of sp³-hybridized carbons (Fsp3) is 0.308. The predicted molar refractivity (Wildman–Crippen MR) is 183 cm³/mol. The van der Waals surface area contributed by atoms with E-state index in [1.165, 1.54) is 0 Å². The molecule has 47 heavy (non-hydrogen) atoms. The SMILES string of the molecule is CC1=C(C(=O)OC(C)(C)C)C(c2cn(-c3ccccc3)nc2-c2ccc(OCc3ccccc3)cc2)C(C(=O)OC(C)(C)C)=C(C)N1. The lowest BCUT2D eigenvalue weighted by Gasteiger charge is -2.33. The predicted octanol–water partition coefficient (Wildman–Crippen LogP) is 8.04. The highest BCUT2D eigenvalue weighted by molar-refractivity contribution is 6.00. The van der Waals surface area contributed by atoms with Gasteiger partial charge in [0.2, 0.25) is 0 Å². The first-order valence-corrected chi connectivity index (χ1v) is 15.8. The standard InChI is InChI=1S/C39H43N3O5/c1-25-32(36(43)46-38(3,4)5)34(33(26(2)40-25)37(44)47-39(6,7)8)31-23-42(29-17-13-10-14-18-29)41-35(31)28-19-21-30(22-20-28)45-24-27-15-11-9-12-16-27/h9-23,34,40H,24H2,1-8H3. The number of nitrogens with one attached hydrogen (secondary N) is 1. The number of carbonyl (C=O) groups excluding carboxylic acids is 2. The Morgan fingerprint density at radius 1 is 0.745 bits per heavy atom. The number of benzene rings is 3. The zero-order valence-electron chi connectivity index (χ0n) is 28.4. The topological polar surface area (TPSA) is 91.7 Å². The lowest BCUT2D eigenvalue weighted by atomic mass is 9.79. The number of para-hydroxylation sites is 1. The highest BCUT2D eigenvalue weighted by Crippen LogP contribution is 2.44. The average Bonchev–Trinajstić information content (AvgIpc) is 3.44. The van der Waals surface area contributed by atoms with Crippen LogP contribution in [-0.4, -0.2) is 32.9 Å². The van der Waals surface area contributed by atoms with Gasteiger partial charge in [0.15, 0.2) is 0 Å². The number of hydrogen-bond acceptors (Lipinski definition) is 7. The van der Waals surface area contributed by atoms with Crippen LogP contribution in [-0.2, 0) is 25.7 Å². The summed E-state index contributed by atoms with van der Waals surface area (Å²) in [6.45, 7) is 15.0. The Bertz CT molecular complexity index is 1760. The van der Waals surface area contributed by atoms with Crippen LogP contribution in [0.4, 0.5) is 0 Å². The molecule has 1 aromatic heterocycles. The van der Waals surface area contributed by atoms with Gasteiger partial charge in [-0.2, -0.15) is 5.10 Å². The molecule has 5 rings (SSSR count). The Labute approximate surface area is 277 Å². The van der Waals surface area contributed by atoms with Crippen molar-refractivity contribution < 1.29 is 23.8 Å². The minimum absolute atomic E-state index is 0.322. The van der Waals surface area contributed by atoms with E-state index < -0.39 is 29.1 Å². The molecule has 0 aliphatic carbocycles. The largest absolute Gasteiger partial charge is 0.489 e. The van der Waals surface area contributed by atoms with Crippen LogP contribution in [0.3, 0.4) is 0 Å². The van der Waals surface area contributed by atoms with Crippen LogP contribution in [0.5, 0.6) is 5.75 Å². The van der Waals surface area contributed by atoms with Crippen molar-refractivity contribution in [2.45, 2.75) is 79.1 Å². The normalized spacial score (nSPS) is 14.1. The number of hydrogen-bond donors (Lipinski definition) is 1. The molecule has 1 aliphatic rings. The molecule has 0 saturated heterocycles. The van der Waals surface area contributed by atoms with Gasteiger partial charge in [0, 0.05) is 28.7 Å². The van der Waals surface area contributed by atoms with Gasteiger partial charge in [-0.15, -0.1) is 0 Å². The van der Waals surface area contributed by atoms with Gasteiger partial charge in [0.25, 0.3) is 0 Å². The lowest BCUT2D eigenvalue weighted by Crippen LogP contribution is -2.36. The van der Waals surface area contributed by atoms with Crippen molar-refractivity contribution in [3.8, 4) is 22.7 Å². The molecule has 8 heteroatoms. The van der Waals surface area contributed by atoms with Crippen LogP contribution >= 0.6 is 0 Å². The maximum absolute atomic E-state index is 14.0. The minimum atomic E-state index is -0.831. The summed E-state index contributed by atoms with van der Waals surface area (Å²) in [5.74, 6) is -1.17. The molecule has 1 N–H and O–H groups in total. The first-order valence-electron chi connectivity index (χ1n) is 15.8. The van der Waals surface area contributed by atoms with Gasteiger partial charge in [0.1, 0.15) is 23.6 Å². The monoisotopic (exact) mass is 633 g/mol. The van der Waals surface area contributed by atoms with Crippen LogP contribution in [0, 0.1) is 0 Å². The third kappa shape index (κ3) is 8.01. The highest BCUT2D eigenvalue weighted by atomic mass is 16.6. The van der Waals surface area contributed by atoms with Crippen molar-refractivity contribution in [1.82, 2.24) is 15.1 Å². The molecule has 244 valence electrons. The van der Waals surface area contributed by atoms with Crippen molar-refractivity contribution in [2.75, 3.05) is 0 Å². The molecule has 0 spiro atoms. The van der Waals surface area contributed by atoms with Gasteiger partial charge in [-0.05, 0) is 97.4 Å². The molecule has 0 fully saturated rings. The smallest absolute Gasteiger partial charge is 0.337 e. The van der Waals surface area contributed by atoms with Crippen molar-refractivity contribution in [3.05, 3.63) is 125 Å². The van der Waals surface area contributed by atoms with Crippen molar-refractivity contribution in [1.29, 1.82) is 0 Å². The van der Waals surface area contributed by atoms with E-state index in [9.17, 15) is 9.59 Å². The lowest BCUT2D eigenvalue weighted by molar-refractivity contribution is -0.150. The van der Waals surface area contributed by atoms with Crippen LogP contribution in [0.1, 0.15) is 72.4 Å². The average molecular weight is 634 g/mol. The Morgan fingerprint density at radius 3 is 1.77 bits per heavy atom. The summed E-state index contributed by atoms with van der Waals surface area (Å²) in [7, 11) is 0. The van der Waals surface area contributed by atoms with Crippen LogP contribution in [0.25, 0.3) is 16.9 Å². The van der Waals surface area contributed by atoms with E-state index in [2.05, 4.69) is 5.32 Å². The van der Waals surface area contributed by atoms with E-state index in [0.717, 1.165) is 16.8 Å². The van der Waals surface area contributed by atoms with Crippen LogP contribution in [0.2, 0.25) is 0 Å². The van der Waals surface area contributed by atoms with E-state index in [-0.39, 0.29) is 0 Å². The zero-order chi connectivity index (χ0) is 33.9. The summed E-state index contributed by atoms with van der Waals surface area (Å²) in [6, 6.07) is 27.4. The Morgan fingerprint density at radius 2 is 1.26 bits per heavy atom.